The predicted molar refractivity (Wildman–Crippen MR) is 154 cm³/mol. The Morgan fingerprint density at radius 2 is 1.86 bits per heavy atom. The molecule has 2 saturated heterocycles. The van der Waals surface area contributed by atoms with Crippen LogP contribution in [0.4, 0.5) is 13.6 Å². The van der Waals surface area contributed by atoms with Crippen molar-refractivity contribution in [2.24, 2.45) is 11.1 Å². The number of aliphatic hydroxyl groups is 2. The van der Waals surface area contributed by atoms with Crippen molar-refractivity contribution in [3.8, 4) is 11.3 Å². The molecule has 0 spiro atoms. The number of halogens is 3. The van der Waals surface area contributed by atoms with E-state index in [-0.39, 0.29) is 29.4 Å². The van der Waals surface area contributed by atoms with Crippen molar-refractivity contribution in [2.75, 3.05) is 26.8 Å². The van der Waals surface area contributed by atoms with Crippen LogP contribution >= 0.6 is 11.6 Å². The number of oxime groups is 1. The number of amides is 1. The van der Waals surface area contributed by atoms with Gasteiger partial charge in [0.25, 0.3) is 0 Å². The van der Waals surface area contributed by atoms with Gasteiger partial charge < -0.3 is 34.2 Å². The van der Waals surface area contributed by atoms with E-state index in [2.05, 4.69) is 15.5 Å². The second-order valence-electron chi connectivity index (χ2n) is 12.4. The molecule has 4 heterocycles. The first-order valence-electron chi connectivity index (χ1n) is 14.6. The lowest BCUT2D eigenvalue weighted by Gasteiger charge is -2.44. The van der Waals surface area contributed by atoms with E-state index in [9.17, 15) is 23.8 Å². The van der Waals surface area contributed by atoms with Gasteiger partial charge in [0.05, 0.1) is 24.6 Å². The summed E-state index contributed by atoms with van der Waals surface area (Å²) in [4.78, 5) is 19.9. The van der Waals surface area contributed by atoms with Gasteiger partial charge in [-0.05, 0) is 45.7 Å². The minimum absolute atomic E-state index is 0.113. The van der Waals surface area contributed by atoms with E-state index in [1.807, 2.05) is 20.8 Å². The van der Waals surface area contributed by atoms with Crippen molar-refractivity contribution < 1.29 is 42.8 Å². The van der Waals surface area contributed by atoms with E-state index < -0.39 is 59.3 Å². The maximum Gasteiger partial charge on any atom is 0.410 e. The summed E-state index contributed by atoms with van der Waals surface area (Å²) in [7, 11) is 1.47. The number of aromatic nitrogens is 3. The maximum atomic E-state index is 14.1. The molecule has 1 aromatic heterocycles. The molecule has 1 unspecified atom stereocenters. The molecule has 2 aromatic rings. The summed E-state index contributed by atoms with van der Waals surface area (Å²) in [6.45, 7) is 6.18. The Morgan fingerprint density at radius 3 is 2.48 bits per heavy atom. The Hall–Kier alpha value is -2.91. The molecule has 3 aliphatic rings. The van der Waals surface area contributed by atoms with Crippen LogP contribution in [0.5, 0.6) is 0 Å². The summed E-state index contributed by atoms with van der Waals surface area (Å²) in [5, 5.41) is 33.0. The van der Waals surface area contributed by atoms with Crippen LogP contribution in [0.2, 0.25) is 5.02 Å². The summed E-state index contributed by atoms with van der Waals surface area (Å²) in [5.41, 5.74) is 0.631. The van der Waals surface area contributed by atoms with Crippen LogP contribution in [0, 0.1) is 17.6 Å². The molecule has 44 heavy (non-hydrogen) atoms. The molecular formula is C29H38ClF2N5O7. The van der Waals surface area contributed by atoms with Gasteiger partial charge >= 0.3 is 6.09 Å². The molecule has 5 rings (SSSR count). The molecule has 15 heteroatoms. The number of methoxy groups -OCH3 is 1. The van der Waals surface area contributed by atoms with Crippen molar-refractivity contribution in [3.63, 3.8) is 0 Å². The van der Waals surface area contributed by atoms with E-state index >= 15 is 0 Å². The number of piperidine rings is 1. The van der Waals surface area contributed by atoms with Crippen molar-refractivity contribution in [1.29, 1.82) is 0 Å². The van der Waals surface area contributed by atoms with Crippen LogP contribution in [0.25, 0.3) is 11.3 Å². The number of nitrogens with zero attached hydrogens (tertiary/aromatic N) is 5. The molecule has 2 fully saturated rings. The largest absolute Gasteiger partial charge is 0.444 e. The zero-order chi connectivity index (χ0) is 31.8. The highest BCUT2D eigenvalue weighted by molar-refractivity contribution is 6.31. The van der Waals surface area contributed by atoms with Gasteiger partial charge in [-0.25, -0.2) is 18.3 Å². The standard InChI is InChI=1S/C29H38ClF2N5O7/c1-29(2,3)43-28(40)36-7-5-15(6-8-36)20-11-17(44-34-20)12-22-27(41-4)25(26(39)23(14-38)42-22)37-13-21(33-35-37)16-9-18(31)24(30)19(32)10-16/h9-10,13,15,17,22-23,25-27,38-39H,5-8,11-12,14H2,1-4H3/t17?,22-,23-,25+,26+,27+/m1/s1. The van der Waals surface area contributed by atoms with Gasteiger partial charge in [0, 0.05) is 44.5 Å². The summed E-state index contributed by atoms with van der Waals surface area (Å²) >= 11 is 5.61. The van der Waals surface area contributed by atoms with Gasteiger partial charge in [0.1, 0.15) is 58.4 Å². The second kappa shape index (κ2) is 13.2. The van der Waals surface area contributed by atoms with E-state index in [1.54, 1.807) is 4.90 Å². The molecule has 1 aromatic carbocycles. The first-order chi connectivity index (χ1) is 20.9. The molecule has 0 aliphatic carbocycles. The van der Waals surface area contributed by atoms with Crippen LogP contribution in [-0.4, -0.2) is 105 Å². The summed E-state index contributed by atoms with van der Waals surface area (Å²) in [6.07, 6.45) is -0.397. The number of benzene rings is 1. The van der Waals surface area contributed by atoms with Crippen LogP contribution in [-0.2, 0) is 19.0 Å². The number of carbonyl (C=O) groups is 1. The van der Waals surface area contributed by atoms with Crippen molar-refractivity contribution in [2.45, 2.75) is 88.6 Å². The Kier molecular flexibility index (Phi) is 9.75. The minimum atomic E-state index is -1.24. The molecular weight excluding hydrogens is 604 g/mol. The number of aliphatic hydroxyl groups excluding tert-OH is 2. The fourth-order valence-corrected chi connectivity index (χ4v) is 6.12. The van der Waals surface area contributed by atoms with E-state index in [0.29, 0.717) is 25.9 Å². The molecule has 242 valence electrons. The average molecular weight is 642 g/mol. The first kappa shape index (κ1) is 32.5. The highest BCUT2D eigenvalue weighted by atomic mass is 35.5. The topological polar surface area (TPSA) is 141 Å². The molecule has 12 nitrogen and oxygen atoms in total. The van der Waals surface area contributed by atoms with Crippen LogP contribution < -0.4 is 0 Å². The zero-order valence-corrected chi connectivity index (χ0v) is 25.8. The Bertz CT molecular complexity index is 1340. The van der Waals surface area contributed by atoms with Gasteiger partial charge in [-0.3, -0.25) is 0 Å². The molecule has 3 aliphatic heterocycles. The highest BCUT2D eigenvalue weighted by Crippen LogP contribution is 2.37. The number of carbonyl (C=O) groups excluding carboxylic acids is 1. The van der Waals surface area contributed by atoms with Crippen LogP contribution in [0.3, 0.4) is 0 Å². The Labute approximate surface area is 258 Å². The molecule has 6 atom stereocenters. The SMILES string of the molecule is CO[C@@H]1[C@@H](n2cc(-c3cc(F)c(Cl)c(F)c3)nn2)[C@@H](O)[C@@H](CO)O[C@@H]1CC1CC(C2CCN(C(=O)OC(C)(C)C)CC2)=NO1. The van der Waals surface area contributed by atoms with Gasteiger partial charge in [0.15, 0.2) is 0 Å². The molecule has 0 saturated carbocycles. The van der Waals surface area contributed by atoms with Crippen molar-refractivity contribution >= 4 is 23.4 Å². The summed E-state index contributed by atoms with van der Waals surface area (Å²) < 4.78 is 46.9. The fraction of sp³-hybridized carbons (Fsp3) is 0.655. The molecule has 2 N–H and O–H groups in total. The molecule has 0 radical (unpaired) electrons. The third-order valence-electron chi connectivity index (χ3n) is 8.20. The third-order valence-corrected chi connectivity index (χ3v) is 8.56. The highest BCUT2D eigenvalue weighted by Gasteiger charge is 2.48. The Balaban J connectivity index is 1.24. The predicted octanol–water partition coefficient (Wildman–Crippen LogP) is 3.74. The summed E-state index contributed by atoms with van der Waals surface area (Å²) in [5.74, 6) is -1.71. The zero-order valence-electron chi connectivity index (χ0n) is 25.0. The Morgan fingerprint density at radius 1 is 1.18 bits per heavy atom. The number of ether oxygens (including phenoxy) is 3. The monoisotopic (exact) mass is 641 g/mol. The lowest BCUT2D eigenvalue weighted by molar-refractivity contribution is -0.219. The van der Waals surface area contributed by atoms with Crippen molar-refractivity contribution in [3.05, 3.63) is 35.0 Å². The maximum absolute atomic E-state index is 14.1. The van der Waals surface area contributed by atoms with E-state index in [1.165, 1.54) is 18.0 Å². The molecule has 1 amide bonds. The molecule has 0 bridgehead atoms. The van der Waals surface area contributed by atoms with E-state index in [0.717, 1.165) is 30.7 Å². The number of likely N-dealkylation sites (tertiary alicyclic amines) is 1. The fourth-order valence-electron chi connectivity index (χ4n) is 6.01. The minimum Gasteiger partial charge on any atom is -0.444 e. The quantitative estimate of drug-likeness (QED) is 0.433. The first-order valence-corrected chi connectivity index (χ1v) is 15.0. The van der Waals surface area contributed by atoms with Gasteiger partial charge in [-0.2, -0.15) is 0 Å². The average Bonchev–Trinajstić information content (AvgIpc) is 3.66. The smallest absolute Gasteiger partial charge is 0.410 e. The third kappa shape index (κ3) is 6.99. The van der Waals surface area contributed by atoms with Gasteiger partial charge in [0.2, 0.25) is 0 Å². The van der Waals surface area contributed by atoms with Gasteiger partial charge in [-0.15, -0.1) is 5.10 Å². The van der Waals surface area contributed by atoms with Crippen LogP contribution in [0.1, 0.15) is 52.5 Å². The second-order valence-corrected chi connectivity index (χ2v) is 12.8. The van der Waals surface area contributed by atoms with E-state index in [4.69, 9.17) is 30.6 Å². The lowest BCUT2D eigenvalue weighted by atomic mass is 9.86. The van der Waals surface area contributed by atoms with Crippen molar-refractivity contribution in [1.82, 2.24) is 19.9 Å². The normalized spacial score (nSPS) is 28.1. The van der Waals surface area contributed by atoms with Crippen LogP contribution in [0.15, 0.2) is 23.5 Å². The number of hydrogen-bond donors (Lipinski definition) is 2. The summed E-state index contributed by atoms with van der Waals surface area (Å²) in [6, 6.07) is 1.24. The number of rotatable bonds is 7. The van der Waals surface area contributed by atoms with Gasteiger partial charge in [-0.1, -0.05) is 22.0 Å². The lowest BCUT2D eigenvalue weighted by Crippen LogP contribution is -2.57. The number of hydrogen-bond acceptors (Lipinski definition) is 10.